The van der Waals surface area contributed by atoms with E-state index in [1.54, 1.807) is 49.2 Å². The number of nitrogens with one attached hydrogen (secondary N) is 1. The van der Waals surface area contributed by atoms with Crippen LogP contribution < -0.4 is 9.62 Å². The van der Waals surface area contributed by atoms with Crippen molar-refractivity contribution in [3.05, 3.63) is 52.5 Å². The van der Waals surface area contributed by atoms with Crippen LogP contribution >= 0.6 is 11.6 Å². The summed E-state index contributed by atoms with van der Waals surface area (Å²) in [4.78, 5) is 13.4. The Morgan fingerprint density at radius 3 is 2.70 bits per heavy atom. The van der Waals surface area contributed by atoms with Gasteiger partial charge in [-0.3, -0.25) is 9.52 Å². The zero-order valence-corrected chi connectivity index (χ0v) is 14.2. The molecule has 0 atom stereocenters. The molecule has 0 saturated heterocycles. The Labute approximate surface area is 139 Å². The SMILES string of the molecule is Cc1c(Cl)cccc1S(=O)(=O)Nc1ccc2c(c1)CC(=O)N2C. The fourth-order valence-corrected chi connectivity index (χ4v) is 4.17. The van der Waals surface area contributed by atoms with Crippen LogP contribution in [0.1, 0.15) is 11.1 Å². The minimum atomic E-state index is -3.74. The van der Waals surface area contributed by atoms with Crippen molar-refractivity contribution in [3.63, 3.8) is 0 Å². The number of anilines is 2. The first-order chi connectivity index (χ1) is 10.8. The monoisotopic (exact) mass is 350 g/mol. The van der Waals surface area contributed by atoms with E-state index in [1.165, 1.54) is 6.07 Å². The van der Waals surface area contributed by atoms with Crippen molar-refractivity contribution < 1.29 is 13.2 Å². The summed E-state index contributed by atoms with van der Waals surface area (Å²) in [5, 5.41) is 0.397. The first-order valence-corrected chi connectivity index (χ1v) is 8.83. The number of fused-ring (bicyclic) bond motifs is 1. The van der Waals surface area contributed by atoms with Crippen LogP contribution in [0.5, 0.6) is 0 Å². The van der Waals surface area contributed by atoms with Crippen LogP contribution in [0, 0.1) is 6.92 Å². The van der Waals surface area contributed by atoms with Crippen molar-refractivity contribution in [1.82, 2.24) is 0 Å². The maximum Gasteiger partial charge on any atom is 0.262 e. The predicted octanol–water partition coefficient (Wildman–Crippen LogP) is 2.97. The molecule has 1 heterocycles. The lowest BCUT2D eigenvalue weighted by molar-refractivity contribution is -0.117. The molecule has 3 rings (SSSR count). The number of rotatable bonds is 3. The standard InChI is InChI=1S/C16H15ClN2O3S/c1-10-13(17)4-3-5-15(10)23(21,22)18-12-6-7-14-11(8-12)9-16(20)19(14)2/h3-8,18H,9H2,1-2H3. The predicted molar refractivity (Wildman–Crippen MR) is 90.6 cm³/mol. The Balaban J connectivity index is 1.95. The molecule has 7 heteroatoms. The Bertz CT molecular complexity index is 910. The average molecular weight is 351 g/mol. The highest BCUT2D eigenvalue weighted by atomic mass is 35.5. The lowest BCUT2D eigenvalue weighted by Crippen LogP contribution is -2.20. The smallest absolute Gasteiger partial charge is 0.262 e. The zero-order chi connectivity index (χ0) is 16.8. The minimum absolute atomic E-state index is 0.00862. The summed E-state index contributed by atoms with van der Waals surface area (Å²) in [6.07, 6.45) is 0.275. The van der Waals surface area contributed by atoms with Crippen molar-refractivity contribution in [1.29, 1.82) is 0 Å². The maximum absolute atomic E-state index is 12.6. The molecule has 0 unspecified atom stereocenters. The fraction of sp³-hybridized carbons (Fsp3) is 0.188. The van der Waals surface area contributed by atoms with E-state index in [9.17, 15) is 13.2 Å². The molecule has 1 aliphatic rings. The number of carbonyl (C=O) groups excluding carboxylic acids is 1. The molecule has 0 radical (unpaired) electrons. The van der Waals surface area contributed by atoms with Gasteiger partial charge in [0.1, 0.15) is 0 Å². The first-order valence-electron chi connectivity index (χ1n) is 6.97. The van der Waals surface area contributed by atoms with E-state index in [0.29, 0.717) is 16.3 Å². The molecule has 2 aromatic rings. The minimum Gasteiger partial charge on any atom is -0.315 e. The van der Waals surface area contributed by atoms with Gasteiger partial charge in [-0.25, -0.2) is 8.42 Å². The Hall–Kier alpha value is -2.05. The lowest BCUT2D eigenvalue weighted by atomic mass is 10.1. The quantitative estimate of drug-likeness (QED) is 0.925. The molecule has 2 aromatic carbocycles. The van der Waals surface area contributed by atoms with Crippen molar-refractivity contribution in [2.45, 2.75) is 18.2 Å². The third-order valence-corrected chi connectivity index (χ3v) is 5.85. The van der Waals surface area contributed by atoms with Crippen molar-refractivity contribution in [2.75, 3.05) is 16.7 Å². The highest BCUT2D eigenvalue weighted by Gasteiger charge is 2.25. The third-order valence-electron chi connectivity index (χ3n) is 3.92. The van der Waals surface area contributed by atoms with Gasteiger partial charge in [-0.15, -0.1) is 0 Å². The summed E-state index contributed by atoms with van der Waals surface area (Å²) < 4.78 is 27.7. The van der Waals surface area contributed by atoms with Gasteiger partial charge in [0.05, 0.1) is 11.3 Å². The summed E-state index contributed by atoms with van der Waals surface area (Å²) in [6, 6.07) is 9.82. The van der Waals surface area contributed by atoms with Crippen LogP contribution in [0.25, 0.3) is 0 Å². The van der Waals surface area contributed by atoms with Gasteiger partial charge in [0.15, 0.2) is 0 Å². The fourth-order valence-electron chi connectivity index (χ4n) is 2.62. The van der Waals surface area contributed by atoms with Gasteiger partial charge in [-0.1, -0.05) is 17.7 Å². The van der Waals surface area contributed by atoms with Crippen molar-refractivity contribution in [2.24, 2.45) is 0 Å². The van der Waals surface area contributed by atoms with Crippen molar-refractivity contribution >= 4 is 38.9 Å². The number of amides is 1. The van der Waals surface area contributed by atoms with Crippen LogP contribution in [0.4, 0.5) is 11.4 Å². The average Bonchev–Trinajstić information content (AvgIpc) is 2.76. The normalized spacial score (nSPS) is 14.0. The van der Waals surface area contributed by atoms with E-state index in [-0.39, 0.29) is 17.2 Å². The van der Waals surface area contributed by atoms with Crippen LogP contribution in [0.3, 0.4) is 0 Å². The molecule has 0 fully saturated rings. The molecule has 1 amide bonds. The highest BCUT2D eigenvalue weighted by molar-refractivity contribution is 7.92. The molecule has 5 nitrogen and oxygen atoms in total. The number of hydrogen-bond acceptors (Lipinski definition) is 3. The molecule has 0 saturated carbocycles. The molecule has 1 aliphatic heterocycles. The van der Waals surface area contributed by atoms with E-state index >= 15 is 0 Å². The molecule has 0 aliphatic carbocycles. The van der Waals surface area contributed by atoms with Gasteiger partial charge in [0.2, 0.25) is 5.91 Å². The van der Waals surface area contributed by atoms with E-state index in [0.717, 1.165) is 11.3 Å². The van der Waals surface area contributed by atoms with Gasteiger partial charge >= 0.3 is 0 Å². The van der Waals surface area contributed by atoms with Crippen LogP contribution in [-0.4, -0.2) is 21.4 Å². The summed E-state index contributed by atoms with van der Waals surface area (Å²) >= 11 is 6.00. The van der Waals surface area contributed by atoms with Crippen molar-refractivity contribution in [3.8, 4) is 0 Å². The Morgan fingerprint density at radius 1 is 1.22 bits per heavy atom. The van der Waals surface area contributed by atoms with Gasteiger partial charge < -0.3 is 4.90 Å². The van der Waals surface area contributed by atoms with Gasteiger partial charge in [0, 0.05) is 23.4 Å². The molecule has 0 bridgehead atoms. The van der Waals surface area contributed by atoms with E-state index < -0.39 is 10.0 Å². The molecule has 120 valence electrons. The summed E-state index contributed by atoms with van der Waals surface area (Å²) in [7, 11) is -2.04. The number of nitrogens with zero attached hydrogens (tertiary/aromatic N) is 1. The second-order valence-corrected chi connectivity index (χ2v) is 7.50. The zero-order valence-electron chi connectivity index (χ0n) is 12.6. The van der Waals surface area contributed by atoms with Gasteiger partial charge in [0.25, 0.3) is 10.0 Å². The second-order valence-electron chi connectivity index (χ2n) is 5.44. The second kappa shape index (κ2) is 5.54. The largest absolute Gasteiger partial charge is 0.315 e. The summed E-state index contributed by atoms with van der Waals surface area (Å²) in [6.45, 7) is 1.66. The summed E-state index contributed by atoms with van der Waals surface area (Å²) in [5.74, 6) is -0.00862. The Morgan fingerprint density at radius 2 is 1.96 bits per heavy atom. The molecular weight excluding hydrogens is 336 g/mol. The van der Waals surface area contributed by atoms with Gasteiger partial charge in [-0.05, 0) is 48.4 Å². The number of halogens is 1. The Kier molecular flexibility index (Phi) is 3.82. The van der Waals surface area contributed by atoms with E-state index in [2.05, 4.69) is 4.72 Å². The maximum atomic E-state index is 12.6. The van der Waals surface area contributed by atoms with Crippen LogP contribution in [0.15, 0.2) is 41.3 Å². The molecule has 0 spiro atoms. The molecular formula is C16H15ClN2O3S. The molecule has 1 N–H and O–H groups in total. The topological polar surface area (TPSA) is 66.5 Å². The number of benzene rings is 2. The van der Waals surface area contributed by atoms with E-state index in [1.807, 2.05) is 0 Å². The molecule has 0 aromatic heterocycles. The van der Waals surface area contributed by atoms with Crippen LogP contribution in [0.2, 0.25) is 5.02 Å². The number of sulfonamides is 1. The van der Waals surface area contributed by atoms with E-state index in [4.69, 9.17) is 11.6 Å². The first kappa shape index (κ1) is 15.8. The van der Waals surface area contributed by atoms with Gasteiger partial charge in [-0.2, -0.15) is 0 Å². The number of carbonyl (C=O) groups is 1. The highest BCUT2D eigenvalue weighted by Crippen LogP contribution is 2.31. The lowest BCUT2D eigenvalue weighted by Gasteiger charge is -2.13. The number of hydrogen-bond donors (Lipinski definition) is 1. The third kappa shape index (κ3) is 2.80. The van der Waals surface area contributed by atoms with Crippen LogP contribution in [-0.2, 0) is 21.2 Å². The number of likely N-dealkylation sites (N-methyl/N-ethyl adjacent to an activating group) is 1. The summed E-state index contributed by atoms with van der Waals surface area (Å²) in [5.41, 5.74) is 2.53. The molecule has 23 heavy (non-hydrogen) atoms.